The van der Waals surface area contributed by atoms with Gasteiger partial charge >= 0.3 is 32.5 Å². The largest absolute Gasteiger partial charge is 0.459 e. The summed E-state index contributed by atoms with van der Waals surface area (Å²) >= 11 is 0. The van der Waals surface area contributed by atoms with Gasteiger partial charge in [-0.15, -0.1) is 0 Å². The van der Waals surface area contributed by atoms with E-state index in [1.807, 2.05) is 60.7 Å². The molecule has 1 aliphatic rings. The maximum absolute atomic E-state index is 14.0. The molecule has 1 aliphatic heterocycles. The van der Waals surface area contributed by atoms with Crippen LogP contribution in [0.25, 0.3) is 0 Å². The Labute approximate surface area is 353 Å². The molecule has 0 bridgehead atoms. The first-order valence-corrected chi connectivity index (χ1v) is 20.5. The Morgan fingerprint density at radius 1 is 0.426 bits per heavy atom. The Morgan fingerprint density at radius 2 is 0.770 bits per heavy atom. The lowest BCUT2D eigenvalue weighted by Crippen LogP contribution is -2.63. The number of hydrogen-bond donors (Lipinski definition) is 0. The van der Waals surface area contributed by atoms with Gasteiger partial charge in [0.1, 0.15) is 12.7 Å². The van der Waals surface area contributed by atoms with Gasteiger partial charge in [0.25, 0.3) is 0 Å². The van der Waals surface area contributed by atoms with Gasteiger partial charge in [-0.2, -0.15) is 0 Å². The molecule has 0 aromatic heterocycles. The van der Waals surface area contributed by atoms with Crippen LogP contribution in [0.3, 0.4) is 0 Å². The van der Waals surface area contributed by atoms with Crippen molar-refractivity contribution >= 4 is 32.5 Å². The monoisotopic (exact) mass is 840 g/mol. The molecule has 6 aromatic rings. The predicted molar refractivity (Wildman–Crippen MR) is 223 cm³/mol. The van der Waals surface area contributed by atoms with Gasteiger partial charge in [0, 0.05) is 0 Å². The third-order valence-corrected chi connectivity index (χ3v) is 10.3. The molecule has 0 amide bonds. The van der Waals surface area contributed by atoms with E-state index in [4.69, 9.17) is 37.3 Å². The van der Waals surface area contributed by atoms with E-state index >= 15 is 0 Å². The molecular formula is C48H41O12P. The Morgan fingerprint density at radius 3 is 1.18 bits per heavy atom. The lowest BCUT2D eigenvalue weighted by molar-refractivity contribution is -0.277. The highest BCUT2D eigenvalue weighted by atomic mass is 31.2. The van der Waals surface area contributed by atoms with Crippen LogP contribution in [0.4, 0.5) is 0 Å². The minimum atomic E-state index is -2.34. The molecule has 6 aromatic carbocycles. The second-order valence-corrected chi connectivity index (χ2v) is 14.7. The van der Waals surface area contributed by atoms with E-state index in [2.05, 4.69) is 0 Å². The van der Waals surface area contributed by atoms with E-state index in [-0.39, 0.29) is 35.5 Å². The summed E-state index contributed by atoms with van der Waals surface area (Å²) in [5.74, 6) is -3.19. The van der Waals surface area contributed by atoms with Crippen molar-refractivity contribution < 1.29 is 56.4 Å². The maximum Gasteiger partial charge on any atom is 0.338 e. The first-order chi connectivity index (χ1) is 29.9. The highest BCUT2D eigenvalue weighted by molar-refractivity contribution is 7.41. The zero-order valence-electron chi connectivity index (χ0n) is 32.7. The average molecular weight is 841 g/mol. The second-order valence-electron chi connectivity index (χ2n) is 13.6. The number of benzene rings is 6. The second kappa shape index (κ2) is 21.6. The molecule has 0 unspecified atom stereocenters. The van der Waals surface area contributed by atoms with Gasteiger partial charge in [0.15, 0.2) is 18.3 Å². The van der Waals surface area contributed by atoms with Crippen LogP contribution in [0.1, 0.15) is 52.6 Å². The lowest BCUT2D eigenvalue weighted by atomic mass is 9.97. The molecule has 5 atom stereocenters. The van der Waals surface area contributed by atoms with Crippen molar-refractivity contribution in [2.75, 3.05) is 6.61 Å². The predicted octanol–water partition coefficient (Wildman–Crippen LogP) is 8.92. The topological polar surface area (TPSA) is 142 Å². The fraction of sp³-hybridized carbons (Fsp3) is 0.167. The smallest absolute Gasteiger partial charge is 0.338 e. The molecule has 1 saturated heterocycles. The Hall–Kier alpha value is -6.53. The molecule has 1 fully saturated rings. The Balaban J connectivity index is 1.28. The zero-order valence-corrected chi connectivity index (χ0v) is 33.6. The standard InChI is InChI=1S/C48H41O12P/c49-44(36-23-11-3-12-24-36)53-33-40-41(57-45(50)37-25-13-4-14-26-37)42(58-46(51)38-27-15-5-16-28-38)43(59-47(52)39-29-17-6-18-30-39)48(56-40)60-61(54-31-34-19-7-1-8-20-34)55-32-35-21-9-2-10-22-35/h1-30,40-43,48H,31-33H2/t40-,41-,42+,43+,48-/m1/s1. The highest BCUT2D eigenvalue weighted by Crippen LogP contribution is 2.46. The van der Waals surface area contributed by atoms with Gasteiger partial charge in [-0.25, -0.2) is 19.2 Å². The van der Waals surface area contributed by atoms with Crippen LogP contribution in [0.15, 0.2) is 182 Å². The van der Waals surface area contributed by atoms with E-state index in [0.717, 1.165) is 11.1 Å². The zero-order chi connectivity index (χ0) is 42.2. The third-order valence-electron chi connectivity index (χ3n) is 9.29. The van der Waals surface area contributed by atoms with Crippen LogP contribution in [-0.4, -0.2) is 61.2 Å². The molecule has 0 aliphatic carbocycles. The summed E-state index contributed by atoms with van der Waals surface area (Å²) in [5.41, 5.74) is 2.35. The number of ether oxygens (including phenoxy) is 5. The van der Waals surface area contributed by atoms with Crippen LogP contribution in [-0.2, 0) is 50.5 Å². The molecule has 12 nitrogen and oxygen atoms in total. The molecule has 13 heteroatoms. The van der Waals surface area contributed by atoms with E-state index in [1.165, 1.54) is 0 Å². The molecule has 0 saturated carbocycles. The van der Waals surface area contributed by atoms with Crippen LogP contribution in [0.5, 0.6) is 0 Å². The summed E-state index contributed by atoms with van der Waals surface area (Å²) in [6.07, 6.45) is -7.77. The summed E-state index contributed by atoms with van der Waals surface area (Å²) in [7, 11) is -2.34. The van der Waals surface area contributed by atoms with E-state index in [9.17, 15) is 19.2 Å². The van der Waals surface area contributed by atoms with Crippen LogP contribution < -0.4 is 0 Å². The SMILES string of the molecule is O=C(OC[C@H]1O[C@H](OP(OCc2ccccc2)OCc2ccccc2)[C@@H](OC(=O)c2ccccc2)[C@@H](OC(=O)c2ccccc2)[C@@H]1OC(=O)c1ccccc1)c1ccccc1. The first-order valence-electron chi connectivity index (χ1n) is 19.4. The van der Waals surface area contributed by atoms with E-state index in [1.54, 1.807) is 121 Å². The Kier molecular flexibility index (Phi) is 15.1. The van der Waals surface area contributed by atoms with Crippen LogP contribution in [0, 0.1) is 0 Å². The highest BCUT2D eigenvalue weighted by Gasteiger charge is 2.54. The third kappa shape index (κ3) is 12.0. The summed E-state index contributed by atoms with van der Waals surface area (Å²) in [6.45, 7) is -0.401. The minimum absolute atomic E-state index is 0.0599. The quantitative estimate of drug-likeness (QED) is 0.0492. The molecule has 310 valence electrons. The molecule has 1 heterocycles. The van der Waals surface area contributed by atoms with Crippen LogP contribution in [0.2, 0.25) is 0 Å². The molecule has 0 spiro atoms. The lowest BCUT2D eigenvalue weighted by Gasteiger charge is -2.44. The van der Waals surface area contributed by atoms with Crippen molar-refractivity contribution in [1.29, 1.82) is 0 Å². The number of carbonyl (C=O) groups is 4. The fourth-order valence-electron chi connectivity index (χ4n) is 6.20. The van der Waals surface area contributed by atoms with E-state index in [0.29, 0.717) is 0 Å². The van der Waals surface area contributed by atoms with Crippen molar-refractivity contribution in [2.24, 2.45) is 0 Å². The average Bonchev–Trinajstić information content (AvgIpc) is 3.32. The van der Waals surface area contributed by atoms with Gasteiger partial charge in [-0.05, 0) is 59.7 Å². The molecule has 7 rings (SSSR count). The molecule has 0 N–H and O–H groups in total. The van der Waals surface area contributed by atoms with Gasteiger partial charge in [-0.3, -0.25) is 4.52 Å². The summed E-state index contributed by atoms with van der Waals surface area (Å²) in [5, 5.41) is 0. The van der Waals surface area contributed by atoms with Gasteiger partial charge in [0.2, 0.25) is 6.29 Å². The maximum atomic E-state index is 14.0. The van der Waals surface area contributed by atoms with Crippen molar-refractivity contribution in [1.82, 2.24) is 0 Å². The van der Waals surface area contributed by atoms with Crippen molar-refractivity contribution in [3.05, 3.63) is 215 Å². The molecular weight excluding hydrogens is 799 g/mol. The number of carbonyl (C=O) groups excluding carboxylic acids is 4. The van der Waals surface area contributed by atoms with Crippen molar-refractivity contribution in [2.45, 2.75) is 43.9 Å². The fourth-order valence-corrected chi connectivity index (χ4v) is 7.24. The minimum Gasteiger partial charge on any atom is -0.459 e. The molecule has 61 heavy (non-hydrogen) atoms. The van der Waals surface area contributed by atoms with Gasteiger partial charge in [-0.1, -0.05) is 133 Å². The number of rotatable bonds is 17. The van der Waals surface area contributed by atoms with Crippen molar-refractivity contribution in [3.8, 4) is 0 Å². The summed E-state index contributed by atoms with van der Waals surface area (Å²) < 4.78 is 49.8. The summed E-state index contributed by atoms with van der Waals surface area (Å²) in [4.78, 5) is 55.2. The van der Waals surface area contributed by atoms with E-state index < -0.39 is 69.8 Å². The normalized spacial score (nSPS) is 18.4. The Bertz CT molecular complexity index is 2260. The van der Waals surface area contributed by atoms with Crippen LogP contribution >= 0.6 is 8.60 Å². The van der Waals surface area contributed by atoms with Crippen molar-refractivity contribution in [3.63, 3.8) is 0 Å². The first kappa shape index (κ1) is 42.6. The van der Waals surface area contributed by atoms with Gasteiger partial charge in [0.05, 0.1) is 35.5 Å². The van der Waals surface area contributed by atoms with Gasteiger partial charge < -0.3 is 32.7 Å². The number of hydrogen-bond acceptors (Lipinski definition) is 12. The molecule has 0 radical (unpaired) electrons. The summed E-state index contributed by atoms with van der Waals surface area (Å²) in [6, 6.07) is 51.3. The number of esters is 4.